The van der Waals surface area contributed by atoms with Gasteiger partial charge in [0, 0.05) is 31.6 Å². The Morgan fingerprint density at radius 3 is 2.57 bits per heavy atom. The molecule has 3 aromatic rings. The second-order valence-electron chi connectivity index (χ2n) is 8.85. The summed E-state index contributed by atoms with van der Waals surface area (Å²) in [5, 5.41) is 11.1. The summed E-state index contributed by atoms with van der Waals surface area (Å²) >= 11 is 0. The van der Waals surface area contributed by atoms with Gasteiger partial charge in [-0.25, -0.2) is 4.79 Å². The molecule has 1 aromatic heterocycles. The number of aromatic nitrogens is 2. The van der Waals surface area contributed by atoms with Crippen molar-refractivity contribution in [2.24, 2.45) is 0 Å². The number of H-pyrrole nitrogens is 1. The lowest BCUT2D eigenvalue weighted by molar-refractivity contribution is -0.128. The first-order valence-electron chi connectivity index (χ1n) is 11.6. The fourth-order valence-corrected chi connectivity index (χ4v) is 4.82. The quantitative estimate of drug-likeness (QED) is 0.539. The average molecular weight is 479 g/mol. The van der Waals surface area contributed by atoms with Crippen LogP contribution in [0.25, 0.3) is 10.9 Å². The molecular weight excluding hydrogens is 452 g/mol. The highest BCUT2D eigenvalue weighted by Gasteiger charge is 2.37. The molecule has 2 N–H and O–H groups in total. The number of aliphatic hydroxyl groups excluding tert-OH is 1. The summed E-state index contributed by atoms with van der Waals surface area (Å²) in [7, 11) is 0. The fourth-order valence-electron chi connectivity index (χ4n) is 4.82. The van der Waals surface area contributed by atoms with Crippen molar-refractivity contribution in [3.05, 3.63) is 74.9 Å². The number of hydrogen-bond donors (Lipinski definition) is 2. The molecular formula is C25H26N4O6. The molecule has 2 amide bonds. The lowest BCUT2D eigenvalue weighted by atomic mass is 10.1. The molecule has 3 heterocycles. The number of amides is 2. The summed E-state index contributed by atoms with van der Waals surface area (Å²) < 4.78 is 7.06. The van der Waals surface area contributed by atoms with Crippen LogP contribution in [0, 0.1) is 0 Å². The van der Waals surface area contributed by atoms with Crippen molar-refractivity contribution in [1.29, 1.82) is 0 Å². The zero-order valence-corrected chi connectivity index (χ0v) is 19.1. The van der Waals surface area contributed by atoms with Crippen LogP contribution in [0.4, 0.5) is 0 Å². The Kier molecular flexibility index (Phi) is 6.12. The third-order valence-corrected chi connectivity index (χ3v) is 6.63. The summed E-state index contributed by atoms with van der Waals surface area (Å²) in [6, 6.07) is 12.7. The molecule has 2 aliphatic heterocycles. The predicted molar refractivity (Wildman–Crippen MR) is 128 cm³/mol. The highest BCUT2D eigenvalue weighted by Crippen LogP contribution is 2.25. The number of fused-ring (bicyclic) bond motifs is 1. The van der Waals surface area contributed by atoms with Crippen LogP contribution in [0.15, 0.2) is 58.1 Å². The highest BCUT2D eigenvalue weighted by molar-refractivity contribution is 5.94. The van der Waals surface area contributed by atoms with Gasteiger partial charge in [0.1, 0.15) is 12.4 Å². The van der Waals surface area contributed by atoms with Gasteiger partial charge in [0.05, 0.1) is 29.6 Å². The normalized spacial score (nSPS) is 20.1. The second-order valence-corrected chi connectivity index (χ2v) is 8.85. The Balaban J connectivity index is 1.27. The number of aromatic amines is 1. The van der Waals surface area contributed by atoms with Gasteiger partial charge in [0.2, 0.25) is 5.91 Å². The molecule has 0 aliphatic carbocycles. The molecule has 2 aliphatic rings. The van der Waals surface area contributed by atoms with Crippen molar-refractivity contribution in [2.75, 3.05) is 32.8 Å². The van der Waals surface area contributed by atoms with Crippen LogP contribution in [0.2, 0.25) is 0 Å². The van der Waals surface area contributed by atoms with Gasteiger partial charge in [0.25, 0.3) is 11.5 Å². The minimum Gasteiger partial charge on any atom is -0.492 e. The molecule has 0 radical (unpaired) electrons. The fraction of sp³-hybridized carbons (Fsp3) is 0.360. The van der Waals surface area contributed by atoms with Crippen LogP contribution in [0.5, 0.6) is 5.75 Å². The molecule has 5 rings (SSSR count). The van der Waals surface area contributed by atoms with Crippen molar-refractivity contribution >= 4 is 22.7 Å². The van der Waals surface area contributed by atoms with Crippen LogP contribution < -0.4 is 16.0 Å². The molecule has 2 atom stereocenters. The summed E-state index contributed by atoms with van der Waals surface area (Å²) in [5.74, 6) is 0.471. The smallest absolute Gasteiger partial charge is 0.329 e. The number of rotatable bonds is 6. The first-order valence-corrected chi connectivity index (χ1v) is 11.6. The van der Waals surface area contributed by atoms with E-state index in [0.717, 1.165) is 13.0 Å². The third kappa shape index (κ3) is 4.44. The number of carbonyl (C=O) groups excluding carboxylic acids is 2. The minimum absolute atomic E-state index is 0.0610. The summed E-state index contributed by atoms with van der Waals surface area (Å²) in [5.41, 5.74) is -0.267. The summed E-state index contributed by atoms with van der Waals surface area (Å²) in [6.45, 7) is 1.86. The Labute approximate surface area is 200 Å². The van der Waals surface area contributed by atoms with E-state index < -0.39 is 23.4 Å². The topological polar surface area (TPSA) is 125 Å². The third-order valence-electron chi connectivity index (χ3n) is 6.63. The van der Waals surface area contributed by atoms with E-state index in [0.29, 0.717) is 41.8 Å². The van der Waals surface area contributed by atoms with Crippen LogP contribution in [-0.4, -0.2) is 75.2 Å². The van der Waals surface area contributed by atoms with E-state index in [-0.39, 0.29) is 24.9 Å². The number of ether oxygens (including phenoxy) is 1. The van der Waals surface area contributed by atoms with Crippen LogP contribution in [0.1, 0.15) is 29.2 Å². The van der Waals surface area contributed by atoms with Gasteiger partial charge in [-0.15, -0.1) is 0 Å². The number of benzene rings is 2. The summed E-state index contributed by atoms with van der Waals surface area (Å²) in [6.07, 6.45) is 0.506. The molecule has 0 unspecified atom stereocenters. The van der Waals surface area contributed by atoms with E-state index in [9.17, 15) is 24.3 Å². The maximum atomic E-state index is 13.1. The molecule has 0 saturated carbocycles. The second kappa shape index (κ2) is 9.38. The molecule has 182 valence electrons. The number of hydrogen-bond acceptors (Lipinski definition) is 6. The lowest BCUT2D eigenvalue weighted by Gasteiger charge is -2.19. The largest absolute Gasteiger partial charge is 0.492 e. The molecule has 10 nitrogen and oxygen atoms in total. The zero-order chi connectivity index (χ0) is 24.5. The van der Waals surface area contributed by atoms with Gasteiger partial charge in [-0.2, -0.15) is 0 Å². The van der Waals surface area contributed by atoms with Crippen LogP contribution >= 0.6 is 0 Å². The van der Waals surface area contributed by atoms with Crippen molar-refractivity contribution < 1.29 is 19.4 Å². The van der Waals surface area contributed by atoms with E-state index >= 15 is 0 Å². The van der Waals surface area contributed by atoms with Gasteiger partial charge in [0.15, 0.2) is 0 Å². The number of β-amino-alcohol motifs (C(OH)–C–C–N with tert-alkyl or cyclic N) is 1. The van der Waals surface area contributed by atoms with Crippen molar-refractivity contribution in [1.82, 2.24) is 19.4 Å². The molecule has 10 heteroatoms. The molecule has 35 heavy (non-hydrogen) atoms. The Morgan fingerprint density at radius 2 is 1.83 bits per heavy atom. The standard InChI is InChI=1S/C25H26N4O6/c30-21-15-28(14-20(21)29-19-5-2-1-4-18(19)23(32)26-25(29)34)24(33)16-7-9-17(10-8-16)35-13-12-27-11-3-6-22(27)31/h1-2,4-5,7-10,20-21,30H,3,6,11-15H2,(H,26,32,34)/t20-,21-/m0/s1. The zero-order valence-electron chi connectivity index (χ0n) is 19.1. The van der Waals surface area contributed by atoms with Gasteiger partial charge >= 0.3 is 5.69 Å². The Hall–Kier alpha value is -3.92. The molecule has 0 spiro atoms. The van der Waals surface area contributed by atoms with Gasteiger partial charge in [-0.05, 0) is 42.8 Å². The average Bonchev–Trinajstić information content (AvgIpc) is 3.44. The van der Waals surface area contributed by atoms with E-state index in [1.54, 1.807) is 53.4 Å². The van der Waals surface area contributed by atoms with Gasteiger partial charge in [-0.1, -0.05) is 12.1 Å². The number of likely N-dealkylation sites (tertiary alicyclic amines) is 2. The maximum absolute atomic E-state index is 13.1. The van der Waals surface area contributed by atoms with Gasteiger partial charge < -0.3 is 19.6 Å². The number of para-hydroxylation sites is 1. The van der Waals surface area contributed by atoms with E-state index in [1.807, 2.05) is 0 Å². The molecule has 2 aromatic carbocycles. The monoisotopic (exact) mass is 478 g/mol. The van der Waals surface area contributed by atoms with Crippen molar-refractivity contribution in [3.63, 3.8) is 0 Å². The van der Waals surface area contributed by atoms with E-state index in [1.165, 1.54) is 9.47 Å². The Morgan fingerprint density at radius 1 is 1.06 bits per heavy atom. The van der Waals surface area contributed by atoms with Crippen molar-refractivity contribution in [2.45, 2.75) is 25.0 Å². The van der Waals surface area contributed by atoms with Crippen molar-refractivity contribution in [3.8, 4) is 5.75 Å². The number of nitrogens with zero attached hydrogens (tertiary/aromatic N) is 3. The number of nitrogens with one attached hydrogen (secondary N) is 1. The number of aliphatic hydroxyl groups is 1. The Bertz CT molecular complexity index is 1380. The van der Waals surface area contributed by atoms with E-state index in [4.69, 9.17) is 4.74 Å². The van der Waals surface area contributed by atoms with E-state index in [2.05, 4.69) is 4.98 Å². The highest BCUT2D eigenvalue weighted by atomic mass is 16.5. The summed E-state index contributed by atoms with van der Waals surface area (Å²) in [4.78, 5) is 55.1. The molecule has 0 bridgehead atoms. The SMILES string of the molecule is O=C1CCCN1CCOc1ccc(C(=O)N2C[C@H](O)[C@@H](n3c(=O)[nH]c(=O)c4ccccc43)C2)cc1. The van der Waals surface area contributed by atoms with Crippen LogP contribution in [-0.2, 0) is 4.79 Å². The van der Waals surface area contributed by atoms with Crippen LogP contribution in [0.3, 0.4) is 0 Å². The molecule has 2 saturated heterocycles. The minimum atomic E-state index is -0.970. The first kappa shape index (κ1) is 22.9. The maximum Gasteiger partial charge on any atom is 0.329 e. The van der Waals surface area contributed by atoms with Gasteiger partial charge in [-0.3, -0.25) is 23.9 Å². The first-order chi connectivity index (χ1) is 16.9. The lowest BCUT2D eigenvalue weighted by Crippen LogP contribution is -2.37. The molecule has 2 fully saturated rings. The number of carbonyl (C=O) groups is 2. The predicted octanol–water partition coefficient (Wildman–Crippen LogP) is 0.749.